The van der Waals surface area contributed by atoms with Gasteiger partial charge >= 0.3 is 0 Å². The van der Waals surface area contributed by atoms with Gasteiger partial charge in [0.1, 0.15) is 0 Å². The van der Waals surface area contributed by atoms with E-state index in [0.29, 0.717) is 26.4 Å². The van der Waals surface area contributed by atoms with Crippen LogP contribution in [-0.2, 0) is 0 Å². The van der Waals surface area contributed by atoms with E-state index in [1.165, 1.54) is 25.7 Å². The van der Waals surface area contributed by atoms with E-state index in [9.17, 15) is 0 Å². The van der Waals surface area contributed by atoms with Crippen molar-refractivity contribution in [3.63, 3.8) is 0 Å². The summed E-state index contributed by atoms with van der Waals surface area (Å²) in [4.78, 5) is 0. The number of benzene rings is 1. The van der Waals surface area contributed by atoms with Crippen LogP contribution in [0.25, 0.3) is 0 Å². The molecular formula is C17H24Cl3N. The molecule has 0 radical (unpaired) electrons. The molecule has 0 aromatic heterocycles. The average molecular weight is 349 g/mol. The van der Waals surface area contributed by atoms with Gasteiger partial charge in [-0.15, -0.1) is 0 Å². The van der Waals surface area contributed by atoms with Gasteiger partial charge in [-0.2, -0.15) is 0 Å². The molecule has 0 saturated heterocycles. The molecule has 0 aliphatic heterocycles. The molecule has 1 aromatic carbocycles. The molecule has 21 heavy (non-hydrogen) atoms. The molecule has 0 atom stereocenters. The van der Waals surface area contributed by atoms with Gasteiger partial charge in [-0.1, -0.05) is 55.6 Å². The third-order valence-corrected chi connectivity index (χ3v) is 5.70. The standard InChI is InChI=1S/C17H24Cl3N/c1-17(2,3)12-6-4-11(5-7-12)10-21-16-9-14(19)13(18)8-15(16)20/h8-9,11-12,21H,4-7,10H2,1-3H3. The summed E-state index contributed by atoms with van der Waals surface area (Å²) in [6.45, 7) is 8.01. The zero-order valence-electron chi connectivity index (χ0n) is 13.0. The quantitative estimate of drug-likeness (QED) is 0.585. The molecule has 1 aliphatic rings. The van der Waals surface area contributed by atoms with Crippen molar-refractivity contribution in [2.75, 3.05) is 11.9 Å². The predicted octanol–water partition coefficient (Wildman–Crippen LogP) is 6.91. The van der Waals surface area contributed by atoms with Gasteiger partial charge in [0, 0.05) is 6.54 Å². The molecule has 1 saturated carbocycles. The summed E-state index contributed by atoms with van der Waals surface area (Å²) in [5.41, 5.74) is 1.31. The Bertz CT molecular complexity index is 486. The fourth-order valence-corrected chi connectivity index (χ4v) is 3.76. The van der Waals surface area contributed by atoms with Crippen LogP contribution in [-0.4, -0.2) is 6.54 Å². The number of rotatable bonds is 3. The highest BCUT2D eigenvalue weighted by molar-refractivity contribution is 6.44. The van der Waals surface area contributed by atoms with Gasteiger partial charge < -0.3 is 5.32 Å². The number of nitrogens with one attached hydrogen (secondary N) is 1. The van der Waals surface area contributed by atoms with Gasteiger partial charge in [0.25, 0.3) is 0 Å². The molecule has 4 heteroatoms. The Balaban J connectivity index is 1.87. The molecule has 0 unspecified atom stereocenters. The van der Waals surface area contributed by atoms with Crippen LogP contribution in [0.5, 0.6) is 0 Å². The highest BCUT2D eigenvalue weighted by Gasteiger charge is 2.29. The first-order valence-corrected chi connectivity index (χ1v) is 8.79. The highest BCUT2D eigenvalue weighted by Crippen LogP contribution is 2.40. The molecule has 1 fully saturated rings. The molecule has 1 nitrogen and oxygen atoms in total. The molecule has 0 heterocycles. The van der Waals surface area contributed by atoms with Crippen LogP contribution in [0.2, 0.25) is 15.1 Å². The van der Waals surface area contributed by atoms with Crippen LogP contribution in [0.15, 0.2) is 12.1 Å². The maximum absolute atomic E-state index is 6.20. The molecule has 1 aliphatic carbocycles. The SMILES string of the molecule is CC(C)(C)C1CCC(CNc2cc(Cl)c(Cl)cc2Cl)CC1. The summed E-state index contributed by atoms with van der Waals surface area (Å²) in [5, 5.41) is 5.10. The normalized spacial score (nSPS) is 23.1. The highest BCUT2D eigenvalue weighted by atomic mass is 35.5. The second-order valence-corrected chi connectivity index (χ2v) is 8.43. The number of anilines is 1. The molecule has 0 amide bonds. The summed E-state index contributed by atoms with van der Waals surface area (Å²) >= 11 is 18.2. The topological polar surface area (TPSA) is 12.0 Å². The molecule has 1 N–H and O–H groups in total. The van der Waals surface area contributed by atoms with Crippen LogP contribution in [0.3, 0.4) is 0 Å². The lowest BCUT2D eigenvalue weighted by Crippen LogP contribution is -2.28. The van der Waals surface area contributed by atoms with Crippen molar-refractivity contribution in [3.05, 3.63) is 27.2 Å². The Morgan fingerprint density at radius 1 is 0.952 bits per heavy atom. The second-order valence-electron chi connectivity index (χ2n) is 7.21. The Hall–Kier alpha value is -0.110. The van der Waals surface area contributed by atoms with Gasteiger partial charge in [0.2, 0.25) is 0 Å². The van der Waals surface area contributed by atoms with Crippen molar-refractivity contribution < 1.29 is 0 Å². The summed E-state index contributed by atoms with van der Waals surface area (Å²) < 4.78 is 0. The maximum atomic E-state index is 6.20. The van der Waals surface area contributed by atoms with Crippen molar-refractivity contribution in [2.24, 2.45) is 17.3 Å². The molecular weight excluding hydrogens is 325 g/mol. The third kappa shape index (κ3) is 4.68. The molecule has 1 aromatic rings. The van der Waals surface area contributed by atoms with Crippen LogP contribution in [0, 0.1) is 17.3 Å². The zero-order valence-corrected chi connectivity index (χ0v) is 15.2. The first-order chi connectivity index (χ1) is 9.77. The first-order valence-electron chi connectivity index (χ1n) is 7.66. The minimum atomic E-state index is 0.436. The van der Waals surface area contributed by atoms with E-state index in [-0.39, 0.29) is 0 Å². The Morgan fingerprint density at radius 2 is 1.52 bits per heavy atom. The first kappa shape index (κ1) is 17.2. The van der Waals surface area contributed by atoms with Gasteiger partial charge in [0.05, 0.1) is 20.8 Å². The smallest absolute Gasteiger partial charge is 0.0653 e. The second kappa shape index (κ2) is 6.98. The molecule has 0 bridgehead atoms. The number of hydrogen-bond acceptors (Lipinski definition) is 1. The number of halogens is 3. The van der Waals surface area contributed by atoms with E-state index in [1.807, 2.05) is 6.07 Å². The monoisotopic (exact) mass is 347 g/mol. The largest absolute Gasteiger partial charge is 0.384 e. The van der Waals surface area contributed by atoms with E-state index in [1.54, 1.807) is 6.07 Å². The lowest BCUT2D eigenvalue weighted by molar-refractivity contribution is 0.153. The minimum Gasteiger partial charge on any atom is -0.384 e. The molecule has 2 rings (SSSR count). The summed E-state index contributed by atoms with van der Waals surface area (Å²) in [5.74, 6) is 1.57. The summed E-state index contributed by atoms with van der Waals surface area (Å²) in [6.07, 6.45) is 5.22. The minimum absolute atomic E-state index is 0.436. The van der Waals surface area contributed by atoms with E-state index in [4.69, 9.17) is 34.8 Å². The summed E-state index contributed by atoms with van der Waals surface area (Å²) in [7, 11) is 0. The fourth-order valence-electron chi connectivity index (χ4n) is 3.14. The van der Waals surface area contributed by atoms with Crippen molar-refractivity contribution in [1.29, 1.82) is 0 Å². The van der Waals surface area contributed by atoms with Crippen LogP contribution in [0.4, 0.5) is 5.69 Å². The average Bonchev–Trinajstić information content (AvgIpc) is 2.41. The molecule has 118 valence electrons. The van der Waals surface area contributed by atoms with Crippen LogP contribution < -0.4 is 5.32 Å². The van der Waals surface area contributed by atoms with Crippen molar-refractivity contribution in [2.45, 2.75) is 46.5 Å². The van der Waals surface area contributed by atoms with Gasteiger partial charge in [-0.3, -0.25) is 0 Å². The lowest BCUT2D eigenvalue weighted by Gasteiger charge is -2.37. The van der Waals surface area contributed by atoms with E-state index >= 15 is 0 Å². The van der Waals surface area contributed by atoms with Crippen molar-refractivity contribution in [3.8, 4) is 0 Å². The Morgan fingerprint density at radius 3 is 2.10 bits per heavy atom. The fraction of sp³-hybridized carbons (Fsp3) is 0.647. The maximum Gasteiger partial charge on any atom is 0.0653 e. The predicted molar refractivity (Wildman–Crippen MR) is 94.9 cm³/mol. The zero-order chi connectivity index (χ0) is 15.6. The summed E-state index contributed by atoms with van der Waals surface area (Å²) in [6, 6.07) is 3.51. The van der Waals surface area contributed by atoms with Crippen LogP contribution in [0.1, 0.15) is 46.5 Å². The van der Waals surface area contributed by atoms with Gasteiger partial charge in [-0.05, 0) is 55.1 Å². The third-order valence-electron chi connectivity index (χ3n) is 4.66. The van der Waals surface area contributed by atoms with E-state index in [0.717, 1.165) is 18.2 Å². The van der Waals surface area contributed by atoms with Gasteiger partial charge in [-0.25, -0.2) is 0 Å². The molecule has 0 spiro atoms. The van der Waals surface area contributed by atoms with Gasteiger partial charge in [0.15, 0.2) is 0 Å². The Kier molecular flexibility index (Phi) is 5.73. The van der Waals surface area contributed by atoms with Crippen LogP contribution >= 0.6 is 34.8 Å². The Labute approximate surface area is 143 Å². The number of hydrogen-bond donors (Lipinski definition) is 1. The van der Waals surface area contributed by atoms with Crippen molar-refractivity contribution >= 4 is 40.5 Å². The van der Waals surface area contributed by atoms with E-state index in [2.05, 4.69) is 26.1 Å². The van der Waals surface area contributed by atoms with E-state index < -0.39 is 0 Å². The van der Waals surface area contributed by atoms with Crippen molar-refractivity contribution in [1.82, 2.24) is 0 Å². The lowest BCUT2D eigenvalue weighted by atomic mass is 9.70.